The van der Waals surface area contributed by atoms with Crippen molar-refractivity contribution in [1.82, 2.24) is 9.13 Å². The van der Waals surface area contributed by atoms with Crippen LogP contribution in [-0.4, -0.2) is 28.1 Å². The number of esters is 1. The summed E-state index contributed by atoms with van der Waals surface area (Å²) in [5.41, 5.74) is 0.393. The van der Waals surface area contributed by atoms with E-state index in [0.29, 0.717) is 35.1 Å². The van der Waals surface area contributed by atoms with Crippen molar-refractivity contribution in [2.24, 2.45) is 0 Å². The standard InChI is InChI=1S/C22H23N3O5/c1-3-4-13-24-20(27)17-7-5-6-8-18(17)25(22(24)29)14-19(26)23-16-11-9-15(10-12-16)21(28)30-2/h5-12H,3-4,13-14H2,1-2H3,(H,23,26). The van der Waals surface area contributed by atoms with E-state index in [1.165, 1.54) is 28.4 Å². The Kier molecular flexibility index (Phi) is 6.46. The number of para-hydroxylation sites is 1. The van der Waals surface area contributed by atoms with E-state index in [4.69, 9.17) is 0 Å². The quantitative estimate of drug-likeness (QED) is 0.604. The van der Waals surface area contributed by atoms with Gasteiger partial charge in [0.2, 0.25) is 5.91 Å². The molecule has 1 aromatic heterocycles. The molecule has 0 saturated heterocycles. The van der Waals surface area contributed by atoms with Crippen molar-refractivity contribution in [2.75, 3.05) is 12.4 Å². The van der Waals surface area contributed by atoms with Gasteiger partial charge in [0.25, 0.3) is 5.56 Å². The summed E-state index contributed by atoms with van der Waals surface area (Å²) in [4.78, 5) is 49.8. The van der Waals surface area contributed by atoms with Crippen molar-refractivity contribution in [2.45, 2.75) is 32.9 Å². The third-order valence-electron chi connectivity index (χ3n) is 4.76. The van der Waals surface area contributed by atoms with E-state index in [1.54, 1.807) is 36.4 Å². The number of carbonyl (C=O) groups is 2. The second-order valence-electron chi connectivity index (χ2n) is 6.81. The van der Waals surface area contributed by atoms with Gasteiger partial charge in [-0.15, -0.1) is 0 Å². The Bertz CT molecular complexity index is 1190. The Morgan fingerprint density at radius 3 is 2.37 bits per heavy atom. The van der Waals surface area contributed by atoms with E-state index in [2.05, 4.69) is 10.1 Å². The van der Waals surface area contributed by atoms with Gasteiger partial charge in [-0.2, -0.15) is 0 Å². The summed E-state index contributed by atoms with van der Waals surface area (Å²) in [5.74, 6) is -0.894. The Morgan fingerprint density at radius 1 is 1.00 bits per heavy atom. The summed E-state index contributed by atoms with van der Waals surface area (Å²) in [5, 5.41) is 3.10. The molecule has 0 aliphatic rings. The molecule has 8 nitrogen and oxygen atoms in total. The molecule has 8 heteroatoms. The predicted molar refractivity (Wildman–Crippen MR) is 114 cm³/mol. The molecule has 0 saturated carbocycles. The van der Waals surface area contributed by atoms with Gasteiger partial charge >= 0.3 is 11.7 Å². The van der Waals surface area contributed by atoms with Crippen molar-refractivity contribution in [1.29, 1.82) is 0 Å². The number of hydrogen-bond acceptors (Lipinski definition) is 5. The van der Waals surface area contributed by atoms with E-state index in [0.717, 1.165) is 6.42 Å². The molecular weight excluding hydrogens is 386 g/mol. The van der Waals surface area contributed by atoms with E-state index >= 15 is 0 Å². The molecule has 156 valence electrons. The molecule has 0 aliphatic carbocycles. The fraction of sp³-hybridized carbons (Fsp3) is 0.273. The molecule has 1 amide bonds. The highest BCUT2D eigenvalue weighted by Crippen LogP contribution is 2.12. The Labute approximate surface area is 172 Å². The first-order chi connectivity index (χ1) is 14.5. The summed E-state index contributed by atoms with van der Waals surface area (Å²) < 4.78 is 7.14. The highest BCUT2D eigenvalue weighted by atomic mass is 16.5. The zero-order valence-electron chi connectivity index (χ0n) is 16.9. The van der Waals surface area contributed by atoms with Gasteiger partial charge in [-0.25, -0.2) is 9.59 Å². The number of aromatic nitrogens is 2. The van der Waals surface area contributed by atoms with Gasteiger partial charge in [-0.3, -0.25) is 18.7 Å². The molecule has 3 rings (SSSR count). The van der Waals surface area contributed by atoms with Crippen LogP contribution in [0, 0.1) is 0 Å². The van der Waals surface area contributed by atoms with Gasteiger partial charge < -0.3 is 10.1 Å². The van der Waals surface area contributed by atoms with Crippen LogP contribution in [0.15, 0.2) is 58.1 Å². The van der Waals surface area contributed by atoms with Crippen molar-refractivity contribution < 1.29 is 14.3 Å². The lowest BCUT2D eigenvalue weighted by Crippen LogP contribution is -2.41. The molecule has 0 atom stereocenters. The second-order valence-corrected chi connectivity index (χ2v) is 6.81. The van der Waals surface area contributed by atoms with Crippen LogP contribution in [0.1, 0.15) is 30.1 Å². The third kappa shape index (κ3) is 4.32. The summed E-state index contributed by atoms with van der Waals surface area (Å²) in [7, 11) is 1.29. The van der Waals surface area contributed by atoms with E-state index < -0.39 is 17.6 Å². The average Bonchev–Trinajstić information content (AvgIpc) is 2.76. The minimum atomic E-state index is -0.511. The minimum absolute atomic E-state index is 0.246. The number of benzene rings is 2. The van der Waals surface area contributed by atoms with Crippen LogP contribution >= 0.6 is 0 Å². The maximum absolute atomic E-state index is 12.9. The lowest BCUT2D eigenvalue weighted by atomic mass is 10.2. The zero-order valence-corrected chi connectivity index (χ0v) is 16.9. The highest BCUT2D eigenvalue weighted by Gasteiger charge is 2.15. The monoisotopic (exact) mass is 409 g/mol. The fourth-order valence-corrected chi connectivity index (χ4v) is 3.19. The Morgan fingerprint density at radius 2 is 1.70 bits per heavy atom. The normalized spacial score (nSPS) is 10.7. The van der Waals surface area contributed by atoms with Gasteiger partial charge in [0.1, 0.15) is 6.54 Å². The number of nitrogens with zero attached hydrogens (tertiary/aromatic N) is 2. The topological polar surface area (TPSA) is 99.4 Å². The maximum atomic E-state index is 12.9. The molecule has 3 aromatic rings. The summed E-state index contributed by atoms with van der Waals surface area (Å²) in [6.45, 7) is 2.03. The van der Waals surface area contributed by atoms with Crippen molar-refractivity contribution >= 4 is 28.5 Å². The van der Waals surface area contributed by atoms with Crippen molar-refractivity contribution in [3.63, 3.8) is 0 Å². The first-order valence-electron chi connectivity index (χ1n) is 9.67. The van der Waals surface area contributed by atoms with E-state index in [9.17, 15) is 19.2 Å². The number of methoxy groups -OCH3 is 1. The maximum Gasteiger partial charge on any atom is 0.337 e. The molecule has 1 N–H and O–H groups in total. The number of ether oxygens (including phenoxy) is 1. The first kappa shape index (κ1) is 21.0. The van der Waals surface area contributed by atoms with Gasteiger partial charge in [-0.05, 0) is 42.8 Å². The van der Waals surface area contributed by atoms with Crippen LogP contribution in [0.5, 0.6) is 0 Å². The molecule has 0 bridgehead atoms. The van der Waals surface area contributed by atoms with Crippen LogP contribution in [0.4, 0.5) is 5.69 Å². The number of unbranched alkanes of at least 4 members (excludes halogenated alkanes) is 1. The number of hydrogen-bond donors (Lipinski definition) is 1. The van der Waals surface area contributed by atoms with Gasteiger partial charge in [0, 0.05) is 12.2 Å². The van der Waals surface area contributed by atoms with Crippen LogP contribution < -0.4 is 16.6 Å². The zero-order chi connectivity index (χ0) is 21.7. The smallest absolute Gasteiger partial charge is 0.337 e. The van der Waals surface area contributed by atoms with E-state index in [-0.39, 0.29) is 12.1 Å². The molecule has 0 radical (unpaired) electrons. The van der Waals surface area contributed by atoms with Crippen LogP contribution in [0.25, 0.3) is 10.9 Å². The summed E-state index contributed by atoms with van der Waals surface area (Å²) in [6.07, 6.45) is 1.52. The number of carbonyl (C=O) groups excluding carboxylic acids is 2. The fourth-order valence-electron chi connectivity index (χ4n) is 3.19. The van der Waals surface area contributed by atoms with Crippen LogP contribution in [-0.2, 0) is 22.6 Å². The van der Waals surface area contributed by atoms with Gasteiger partial charge in [-0.1, -0.05) is 25.5 Å². The number of anilines is 1. The molecule has 0 aliphatic heterocycles. The predicted octanol–water partition coefficient (Wildman–Crippen LogP) is 2.39. The summed E-state index contributed by atoms with van der Waals surface area (Å²) in [6, 6.07) is 13.0. The lowest BCUT2D eigenvalue weighted by molar-refractivity contribution is -0.116. The molecule has 0 unspecified atom stereocenters. The second kappa shape index (κ2) is 9.21. The molecule has 2 aromatic carbocycles. The highest BCUT2D eigenvalue weighted by molar-refractivity contribution is 5.93. The van der Waals surface area contributed by atoms with Crippen LogP contribution in [0.3, 0.4) is 0 Å². The largest absolute Gasteiger partial charge is 0.465 e. The third-order valence-corrected chi connectivity index (χ3v) is 4.76. The average molecular weight is 409 g/mol. The Balaban J connectivity index is 1.91. The van der Waals surface area contributed by atoms with Gasteiger partial charge in [0.05, 0.1) is 23.6 Å². The minimum Gasteiger partial charge on any atom is -0.465 e. The molecule has 0 spiro atoms. The Hall–Kier alpha value is -3.68. The number of fused-ring (bicyclic) bond motifs is 1. The SMILES string of the molecule is CCCCn1c(=O)c2ccccc2n(CC(=O)Nc2ccc(C(=O)OC)cc2)c1=O. The van der Waals surface area contributed by atoms with Gasteiger partial charge in [0.15, 0.2) is 0 Å². The molecular formula is C22H23N3O5. The number of nitrogens with one attached hydrogen (secondary N) is 1. The number of rotatable bonds is 7. The molecule has 30 heavy (non-hydrogen) atoms. The lowest BCUT2D eigenvalue weighted by Gasteiger charge is -2.14. The summed E-state index contributed by atoms with van der Waals surface area (Å²) >= 11 is 0. The number of amides is 1. The first-order valence-corrected chi connectivity index (χ1v) is 9.67. The van der Waals surface area contributed by atoms with Crippen molar-refractivity contribution in [3.8, 4) is 0 Å². The van der Waals surface area contributed by atoms with E-state index in [1.807, 2.05) is 6.92 Å². The van der Waals surface area contributed by atoms with Crippen LogP contribution in [0.2, 0.25) is 0 Å². The molecule has 0 fully saturated rings. The van der Waals surface area contributed by atoms with Crippen molar-refractivity contribution in [3.05, 3.63) is 74.9 Å². The molecule has 1 heterocycles.